The number of hydrogen-bond acceptors (Lipinski definition) is 4. The van der Waals surface area contributed by atoms with Crippen molar-refractivity contribution in [2.45, 2.75) is 25.4 Å². The summed E-state index contributed by atoms with van der Waals surface area (Å²) in [5, 5.41) is 0. The molecule has 1 heterocycles. The Morgan fingerprint density at radius 3 is 2.46 bits per heavy atom. The smallest absolute Gasteiger partial charge is 0.195 e. The van der Waals surface area contributed by atoms with Crippen molar-refractivity contribution in [1.82, 2.24) is 14.7 Å². The molecule has 1 aromatic carbocycles. The van der Waals surface area contributed by atoms with Gasteiger partial charge in [-0.2, -0.15) is 0 Å². The molecule has 1 aromatic rings. The Morgan fingerprint density at radius 2 is 1.81 bits per heavy atom. The number of benzene rings is 1. The molecule has 0 unspecified atom stereocenters. The largest absolute Gasteiger partial charge is 0.492 e. The standard InChI is InChI=1S/C20H34N4O2/c1-22(2)20(23(3)4)21-16-17-7-6-8-19(15-17)26-14-11-24(5)18-9-12-25-13-10-18/h6-8,15,18H,9-14,16H2,1-5H3. The molecule has 1 aliphatic heterocycles. The molecule has 0 saturated carbocycles. The fraction of sp³-hybridized carbons (Fsp3) is 0.650. The summed E-state index contributed by atoms with van der Waals surface area (Å²) in [5.74, 6) is 1.86. The zero-order chi connectivity index (χ0) is 18.9. The molecule has 1 saturated heterocycles. The highest BCUT2D eigenvalue weighted by Gasteiger charge is 2.17. The molecule has 0 bridgehead atoms. The lowest BCUT2D eigenvalue weighted by atomic mass is 10.1. The molecule has 2 rings (SSSR count). The minimum Gasteiger partial charge on any atom is -0.492 e. The zero-order valence-corrected chi connectivity index (χ0v) is 16.9. The summed E-state index contributed by atoms with van der Waals surface area (Å²) in [6.07, 6.45) is 2.23. The van der Waals surface area contributed by atoms with Crippen molar-refractivity contribution >= 4 is 5.96 Å². The van der Waals surface area contributed by atoms with E-state index >= 15 is 0 Å². The maximum absolute atomic E-state index is 5.97. The molecule has 0 aromatic heterocycles. The third-order valence-corrected chi connectivity index (χ3v) is 4.63. The van der Waals surface area contributed by atoms with E-state index in [-0.39, 0.29) is 0 Å². The van der Waals surface area contributed by atoms with Crippen LogP contribution in [-0.2, 0) is 11.3 Å². The van der Waals surface area contributed by atoms with E-state index in [1.54, 1.807) is 0 Å². The van der Waals surface area contributed by atoms with Crippen molar-refractivity contribution in [3.05, 3.63) is 29.8 Å². The molecule has 0 amide bonds. The second-order valence-corrected chi connectivity index (χ2v) is 7.23. The van der Waals surface area contributed by atoms with Crippen molar-refractivity contribution in [3.8, 4) is 5.75 Å². The average Bonchev–Trinajstić information content (AvgIpc) is 2.62. The van der Waals surface area contributed by atoms with Gasteiger partial charge in [-0.25, -0.2) is 4.99 Å². The SMILES string of the molecule is CN(C)C(=NCc1cccc(OCCN(C)C2CCOCC2)c1)N(C)C. The van der Waals surface area contributed by atoms with Crippen LogP contribution in [0.2, 0.25) is 0 Å². The number of likely N-dealkylation sites (N-methyl/N-ethyl adjacent to an activating group) is 1. The van der Waals surface area contributed by atoms with E-state index in [2.05, 4.69) is 24.1 Å². The van der Waals surface area contributed by atoms with E-state index < -0.39 is 0 Å². The number of rotatable bonds is 7. The van der Waals surface area contributed by atoms with Crippen LogP contribution in [0.5, 0.6) is 5.75 Å². The van der Waals surface area contributed by atoms with Gasteiger partial charge in [0, 0.05) is 54.0 Å². The lowest BCUT2D eigenvalue weighted by molar-refractivity contribution is 0.0392. The average molecular weight is 363 g/mol. The van der Waals surface area contributed by atoms with Crippen LogP contribution >= 0.6 is 0 Å². The summed E-state index contributed by atoms with van der Waals surface area (Å²) >= 11 is 0. The molecule has 0 spiro atoms. The summed E-state index contributed by atoms with van der Waals surface area (Å²) < 4.78 is 11.4. The third-order valence-electron chi connectivity index (χ3n) is 4.63. The number of aliphatic imine (C=N–C) groups is 1. The molecule has 6 nitrogen and oxygen atoms in total. The summed E-state index contributed by atoms with van der Waals surface area (Å²) in [7, 11) is 10.2. The van der Waals surface area contributed by atoms with Crippen LogP contribution in [0.1, 0.15) is 18.4 Å². The van der Waals surface area contributed by atoms with Gasteiger partial charge in [0.25, 0.3) is 0 Å². The predicted molar refractivity (Wildman–Crippen MR) is 107 cm³/mol. The lowest BCUT2D eigenvalue weighted by Gasteiger charge is -2.31. The van der Waals surface area contributed by atoms with Crippen molar-refractivity contribution in [2.75, 3.05) is 61.6 Å². The Morgan fingerprint density at radius 1 is 1.12 bits per heavy atom. The molecule has 6 heteroatoms. The van der Waals surface area contributed by atoms with Gasteiger partial charge in [0.05, 0.1) is 6.54 Å². The topological polar surface area (TPSA) is 40.5 Å². The first-order valence-corrected chi connectivity index (χ1v) is 9.36. The highest BCUT2D eigenvalue weighted by Crippen LogP contribution is 2.16. The Kier molecular flexibility index (Phi) is 8.19. The van der Waals surface area contributed by atoms with Gasteiger partial charge in [-0.05, 0) is 37.6 Å². The van der Waals surface area contributed by atoms with Gasteiger partial charge in [-0.15, -0.1) is 0 Å². The Balaban J connectivity index is 1.83. The van der Waals surface area contributed by atoms with Crippen molar-refractivity contribution in [3.63, 3.8) is 0 Å². The van der Waals surface area contributed by atoms with Crippen LogP contribution in [0.15, 0.2) is 29.3 Å². The first-order valence-electron chi connectivity index (χ1n) is 9.36. The highest BCUT2D eigenvalue weighted by molar-refractivity contribution is 5.79. The summed E-state index contributed by atoms with van der Waals surface area (Å²) in [6, 6.07) is 8.84. The molecule has 26 heavy (non-hydrogen) atoms. The first kappa shape index (κ1) is 20.5. The molecule has 0 N–H and O–H groups in total. The van der Waals surface area contributed by atoms with E-state index in [4.69, 9.17) is 14.5 Å². The van der Waals surface area contributed by atoms with Crippen LogP contribution < -0.4 is 4.74 Å². The van der Waals surface area contributed by atoms with Gasteiger partial charge in [0.15, 0.2) is 5.96 Å². The molecular weight excluding hydrogens is 328 g/mol. The van der Waals surface area contributed by atoms with Crippen molar-refractivity contribution in [1.29, 1.82) is 0 Å². The van der Waals surface area contributed by atoms with Gasteiger partial charge < -0.3 is 19.3 Å². The number of hydrogen-bond donors (Lipinski definition) is 0. The first-order chi connectivity index (χ1) is 12.5. The Labute approximate surface area is 158 Å². The van der Waals surface area contributed by atoms with Crippen LogP contribution in [0, 0.1) is 0 Å². The summed E-state index contributed by atoms with van der Waals surface area (Å²) in [5.41, 5.74) is 1.15. The van der Waals surface area contributed by atoms with Gasteiger partial charge in [0.2, 0.25) is 0 Å². The minimum atomic E-state index is 0.614. The molecule has 0 aliphatic carbocycles. The quantitative estimate of drug-likeness (QED) is 0.549. The maximum atomic E-state index is 5.97. The highest BCUT2D eigenvalue weighted by atomic mass is 16.5. The molecule has 1 fully saturated rings. The number of nitrogens with zero attached hydrogens (tertiary/aromatic N) is 4. The van der Waals surface area contributed by atoms with Crippen LogP contribution in [-0.4, -0.2) is 88.3 Å². The molecule has 1 aliphatic rings. The second kappa shape index (κ2) is 10.4. The monoisotopic (exact) mass is 362 g/mol. The van der Waals surface area contributed by atoms with Crippen molar-refractivity contribution in [2.24, 2.45) is 4.99 Å². The van der Waals surface area contributed by atoms with E-state index in [9.17, 15) is 0 Å². The molecule has 0 atom stereocenters. The predicted octanol–water partition coefficient (Wildman–Crippen LogP) is 2.16. The summed E-state index contributed by atoms with van der Waals surface area (Å²) in [6.45, 7) is 4.02. The van der Waals surface area contributed by atoms with E-state index in [0.717, 1.165) is 49.9 Å². The minimum absolute atomic E-state index is 0.614. The van der Waals surface area contributed by atoms with Crippen molar-refractivity contribution < 1.29 is 9.47 Å². The number of ether oxygens (including phenoxy) is 2. The lowest BCUT2D eigenvalue weighted by Crippen LogP contribution is -2.38. The maximum Gasteiger partial charge on any atom is 0.195 e. The van der Waals surface area contributed by atoms with E-state index in [0.29, 0.717) is 19.2 Å². The van der Waals surface area contributed by atoms with Crippen LogP contribution in [0.4, 0.5) is 0 Å². The molecular formula is C20H34N4O2. The normalized spacial score (nSPS) is 15.0. The van der Waals surface area contributed by atoms with Gasteiger partial charge in [-0.3, -0.25) is 4.90 Å². The fourth-order valence-corrected chi connectivity index (χ4v) is 3.19. The van der Waals surface area contributed by atoms with Crippen LogP contribution in [0.3, 0.4) is 0 Å². The third kappa shape index (κ3) is 6.50. The Hall–Kier alpha value is -1.79. The van der Waals surface area contributed by atoms with Crippen LogP contribution in [0.25, 0.3) is 0 Å². The zero-order valence-electron chi connectivity index (χ0n) is 16.9. The van der Waals surface area contributed by atoms with E-state index in [1.807, 2.05) is 50.1 Å². The Bertz CT molecular complexity index is 559. The molecule has 146 valence electrons. The second-order valence-electron chi connectivity index (χ2n) is 7.23. The summed E-state index contributed by atoms with van der Waals surface area (Å²) in [4.78, 5) is 11.1. The van der Waals surface area contributed by atoms with Gasteiger partial charge in [0.1, 0.15) is 12.4 Å². The van der Waals surface area contributed by atoms with E-state index in [1.165, 1.54) is 0 Å². The fourth-order valence-electron chi connectivity index (χ4n) is 3.19. The van der Waals surface area contributed by atoms with Gasteiger partial charge >= 0.3 is 0 Å². The van der Waals surface area contributed by atoms with Gasteiger partial charge in [-0.1, -0.05) is 12.1 Å². The number of guanidine groups is 1. The molecule has 0 radical (unpaired) electrons.